The molecular formula is C38H54BrN3O7. The summed E-state index contributed by atoms with van der Waals surface area (Å²) in [5.41, 5.74) is -1.32. The third-order valence-electron chi connectivity index (χ3n) is 10.3. The molecule has 3 heterocycles. The lowest BCUT2D eigenvalue weighted by atomic mass is 9.70. The molecule has 3 fully saturated rings. The smallest absolute Gasteiger partial charge is 0.313 e. The van der Waals surface area contributed by atoms with E-state index in [4.69, 9.17) is 9.47 Å². The normalized spacial score (nSPS) is 27.3. The van der Waals surface area contributed by atoms with Crippen LogP contribution in [0.5, 0.6) is 0 Å². The van der Waals surface area contributed by atoms with Crippen molar-refractivity contribution in [2.45, 2.75) is 107 Å². The third-order valence-corrected chi connectivity index (χ3v) is 11.1. The van der Waals surface area contributed by atoms with E-state index < -0.39 is 59.1 Å². The Morgan fingerprint density at radius 1 is 1.16 bits per heavy atom. The zero-order chi connectivity index (χ0) is 36.5. The van der Waals surface area contributed by atoms with Crippen LogP contribution in [0, 0.1) is 17.3 Å². The Kier molecular flexibility index (Phi) is 11.9. The van der Waals surface area contributed by atoms with Crippen molar-refractivity contribution < 1.29 is 33.8 Å². The molecule has 1 unspecified atom stereocenters. The maximum Gasteiger partial charge on any atom is 0.313 e. The van der Waals surface area contributed by atoms with E-state index in [1.807, 2.05) is 51.1 Å². The van der Waals surface area contributed by atoms with Crippen LogP contribution in [0.2, 0.25) is 0 Å². The van der Waals surface area contributed by atoms with Crippen molar-refractivity contribution >= 4 is 39.6 Å². The second kappa shape index (κ2) is 15.1. The summed E-state index contributed by atoms with van der Waals surface area (Å²) < 4.78 is 13.0. The molecule has 3 aliphatic rings. The van der Waals surface area contributed by atoms with Crippen molar-refractivity contribution in [3.05, 3.63) is 61.2 Å². The topological polar surface area (TPSA) is 117 Å². The number of rotatable bonds is 15. The largest absolute Gasteiger partial charge is 0.455 e. The van der Waals surface area contributed by atoms with Gasteiger partial charge < -0.3 is 29.3 Å². The van der Waals surface area contributed by atoms with Crippen molar-refractivity contribution in [2.75, 3.05) is 26.7 Å². The van der Waals surface area contributed by atoms with Crippen LogP contribution in [0.3, 0.4) is 0 Å². The van der Waals surface area contributed by atoms with Gasteiger partial charge in [-0.15, -0.1) is 13.2 Å². The quantitative estimate of drug-likeness (QED) is 0.152. The van der Waals surface area contributed by atoms with Crippen molar-refractivity contribution in [2.24, 2.45) is 17.3 Å². The average molecular weight is 745 g/mol. The molecule has 3 aliphatic heterocycles. The number of esters is 1. The maximum absolute atomic E-state index is 14.8. The predicted octanol–water partition coefficient (Wildman–Crippen LogP) is 5.05. The second-order valence-corrected chi connectivity index (χ2v) is 16.7. The van der Waals surface area contributed by atoms with Gasteiger partial charge in [0.15, 0.2) is 0 Å². The molecule has 49 heavy (non-hydrogen) atoms. The summed E-state index contributed by atoms with van der Waals surface area (Å²) in [6.07, 6.45) is 3.61. The van der Waals surface area contributed by atoms with E-state index in [-0.39, 0.29) is 48.2 Å². The molecule has 0 aliphatic carbocycles. The third kappa shape index (κ3) is 7.54. The predicted molar refractivity (Wildman–Crippen MR) is 192 cm³/mol. The minimum atomic E-state index is -1.31. The number of aliphatic hydroxyl groups excluding tert-OH is 1. The van der Waals surface area contributed by atoms with E-state index in [1.165, 1.54) is 4.90 Å². The highest BCUT2D eigenvalue weighted by Crippen LogP contribution is 2.60. The molecule has 0 saturated carbocycles. The number of likely N-dealkylation sites (N-methyl/N-ethyl adjacent to an activating group) is 1. The highest BCUT2D eigenvalue weighted by Gasteiger charge is 2.77. The van der Waals surface area contributed by atoms with Crippen LogP contribution in [0.25, 0.3) is 0 Å². The number of likely N-dealkylation sites (tertiary alicyclic amines) is 1. The maximum atomic E-state index is 14.8. The summed E-state index contributed by atoms with van der Waals surface area (Å²) in [6.45, 7) is 19.6. The summed E-state index contributed by atoms with van der Waals surface area (Å²) in [5, 5.41) is 10.1. The number of benzene rings is 1. The van der Waals surface area contributed by atoms with Gasteiger partial charge in [-0.3, -0.25) is 19.2 Å². The van der Waals surface area contributed by atoms with E-state index in [0.717, 1.165) is 0 Å². The van der Waals surface area contributed by atoms with Crippen LogP contribution < -0.4 is 0 Å². The molecule has 1 aromatic carbocycles. The van der Waals surface area contributed by atoms with E-state index in [9.17, 15) is 24.3 Å². The summed E-state index contributed by atoms with van der Waals surface area (Å²) in [5.74, 6) is -3.46. The number of alkyl halides is 1. The standard InChI is InChI=1S/C38H54BrN3O7/c1-10-12-18-27(44)40(9)24(3)30(25-16-14-13-15-17-25)48-35(47)28-29-33(45)41(20-21-43)32(38(29)22-26(39)31(28)49-38)34(46)42(19-11-2)37(7,8)23-36(4,5)6/h10-11,13-17,24,26,28-32,43H,1-2,12,18-23H2,3-9H3/t24-,26?,28+,29-,30+,31+,32+,38-/m1/s1. The number of fused-ring (bicyclic) bond motifs is 1. The Bertz CT molecular complexity index is 1410. The first-order chi connectivity index (χ1) is 23.0. The number of ether oxygens (including phenoxy) is 2. The van der Waals surface area contributed by atoms with Gasteiger partial charge in [-0.1, -0.05) is 79.2 Å². The molecule has 8 atom stereocenters. The minimum absolute atomic E-state index is 0.0842. The molecule has 3 saturated heterocycles. The second-order valence-electron chi connectivity index (χ2n) is 15.5. The molecule has 1 aromatic rings. The Balaban J connectivity index is 1.72. The Labute approximate surface area is 300 Å². The molecule has 3 amide bonds. The van der Waals surface area contributed by atoms with E-state index in [0.29, 0.717) is 24.8 Å². The van der Waals surface area contributed by atoms with Gasteiger partial charge in [0, 0.05) is 36.9 Å². The molecule has 0 radical (unpaired) electrons. The van der Waals surface area contributed by atoms with E-state index >= 15 is 0 Å². The fourth-order valence-corrected chi connectivity index (χ4v) is 9.40. The van der Waals surface area contributed by atoms with Gasteiger partial charge in [0.25, 0.3) is 0 Å². The number of hydrogen-bond acceptors (Lipinski definition) is 7. The molecule has 270 valence electrons. The van der Waals surface area contributed by atoms with Gasteiger partial charge in [0.05, 0.1) is 30.6 Å². The summed E-state index contributed by atoms with van der Waals surface area (Å²) >= 11 is 3.73. The first kappa shape index (κ1) is 38.8. The molecule has 1 spiro atoms. The Hall–Kier alpha value is -3.02. The molecule has 4 rings (SSSR count). The van der Waals surface area contributed by atoms with E-state index in [1.54, 1.807) is 29.0 Å². The first-order valence-electron chi connectivity index (χ1n) is 17.2. The lowest BCUT2D eigenvalue weighted by Crippen LogP contribution is -2.61. The number of nitrogens with zero attached hydrogens (tertiary/aromatic N) is 3. The number of halogens is 1. The zero-order valence-electron chi connectivity index (χ0n) is 30.1. The first-order valence-corrected chi connectivity index (χ1v) is 18.1. The van der Waals surface area contributed by atoms with Crippen LogP contribution in [0.15, 0.2) is 55.6 Å². The lowest BCUT2D eigenvalue weighted by molar-refractivity contribution is -0.164. The Morgan fingerprint density at radius 2 is 1.82 bits per heavy atom. The van der Waals surface area contributed by atoms with Crippen molar-refractivity contribution in [3.63, 3.8) is 0 Å². The van der Waals surface area contributed by atoms with Gasteiger partial charge >= 0.3 is 5.97 Å². The molecular weight excluding hydrogens is 690 g/mol. The van der Waals surface area contributed by atoms with Crippen molar-refractivity contribution in [1.29, 1.82) is 0 Å². The van der Waals surface area contributed by atoms with Crippen LogP contribution in [-0.4, -0.2) is 104 Å². The van der Waals surface area contributed by atoms with Crippen LogP contribution in [0.4, 0.5) is 0 Å². The highest BCUT2D eigenvalue weighted by molar-refractivity contribution is 9.09. The number of carbonyl (C=O) groups excluding carboxylic acids is 4. The fraction of sp³-hybridized carbons (Fsp3) is 0.632. The molecule has 2 bridgehead atoms. The number of amides is 3. The number of aliphatic hydroxyl groups is 1. The molecule has 0 aromatic heterocycles. The molecule has 1 N–H and O–H groups in total. The summed E-state index contributed by atoms with van der Waals surface area (Å²) in [7, 11) is 1.68. The molecule has 11 heteroatoms. The average Bonchev–Trinajstić information content (AvgIpc) is 3.62. The van der Waals surface area contributed by atoms with Crippen LogP contribution in [-0.2, 0) is 28.7 Å². The van der Waals surface area contributed by atoms with Gasteiger partial charge in [-0.25, -0.2) is 0 Å². The summed E-state index contributed by atoms with van der Waals surface area (Å²) in [4.78, 5) is 61.1. The number of hydrogen-bond donors (Lipinski definition) is 1. The number of β-amino-alcohol motifs (C(OH)–C–C–N with tert-alkyl or cyclic N) is 1. The minimum Gasteiger partial charge on any atom is -0.455 e. The van der Waals surface area contributed by atoms with Crippen LogP contribution in [0.1, 0.15) is 78.9 Å². The van der Waals surface area contributed by atoms with Gasteiger partial charge in [-0.2, -0.15) is 0 Å². The van der Waals surface area contributed by atoms with E-state index in [2.05, 4.69) is 49.9 Å². The number of carbonyl (C=O) groups is 4. The monoisotopic (exact) mass is 743 g/mol. The van der Waals surface area contributed by atoms with Crippen LogP contribution >= 0.6 is 15.9 Å². The molecule has 10 nitrogen and oxygen atoms in total. The van der Waals surface area contributed by atoms with Crippen molar-refractivity contribution in [3.8, 4) is 0 Å². The zero-order valence-corrected chi connectivity index (χ0v) is 31.6. The fourth-order valence-electron chi connectivity index (χ4n) is 8.46. The van der Waals surface area contributed by atoms with Gasteiger partial charge in [-0.05, 0) is 51.0 Å². The van der Waals surface area contributed by atoms with Gasteiger partial charge in [0.1, 0.15) is 17.7 Å². The van der Waals surface area contributed by atoms with Gasteiger partial charge in [0.2, 0.25) is 17.7 Å². The Morgan fingerprint density at radius 3 is 2.39 bits per heavy atom. The highest BCUT2D eigenvalue weighted by atomic mass is 79.9. The SMILES string of the molecule is C=CCCC(=O)N(C)[C@H](C)[C@H](OC(=O)[C@@H]1[C@H]2O[C@@]3(CC2Br)[C@H](C(=O)N(CC=C)C(C)(C)CC(C)(C)C)N(CCO)C(=O)[C@@H]13)c1ccccc1. The number of allylic oxidation sites excluding steroid dienone is 1. The van der Waals surface area contributed by atoms with Crippen molar-refractivity contribution in [1.82, 2.24) is 14.7 Å². The lowest BCUT2D eigenvalue weighted by Gasteiger charge is -2.45. The summed E-state index contributed by atoms with van der Waals surface area (Å²) in [6, 6.07) is 7.63.